The molecule has 0 bridgehead atoms. The Balaban J connectivity index is 3.31. The first-order valence-corrected chi connectivity index (χ1v) is 4.60. The smallest absolute Gasteiger partial charge is 0.339 e. The van der Waals surface area contributed by atoms with Gasteiger partial charge in [0.15, 0.2) is 0 Å². The lowest BCUT2D eigenvalue weighted by atomic mass is 9.99. The number of phenols is 1. The van der Waals surface area contributed by atoms with Gasteiger partial charge in [-0.2, -0.15) is 0 Å². The van der Waals surface area contributed by atoms with Gasteiger partial charge in [-0.15, -0.1) is 6.58 Å². The first-order valence-electron chi connectivity index (χ1n) is 4.60. The van der Waals surface area contributed by atoms with Crippen LogP contribution in [0.3, 0.4) is 0 Å². The number of carboxylic acid groups (broad SMARTS) is 1. The minimum atomic E-state index is -1.33. The Bertz CT molecular complexity index is 431. The van der Waals surface area contributed by atoms with Crippen LogP contribution in [0.25, 0.3) is 0 Å². The molecule has 1 aromatic rings. The topological polar surface area (TPSA) is 83.6 Å². The van der Waals surface area contributed by atoms with E-state index >= 15 is 0 Å². The minimum Gasteiger partial charge on any atom is -0.507 e. The molecule has 0 aliphatic carbocycles. The largest absolute Gasteiger partial charge is 0.507 e. The highest BCUT2D eigenvalue weighted by molar-refractivity contribution is 5.91. The molecule has 0 aromatic heterocycles. The fraction of sp³-hybridized carbons (Fsp3) is 0.182. The maximum atomic E-state index is 13.4. The number of aromatic carboxylic acids is 1. The lowest BCUT2D eigenvalue weighted by molar-refractivity contribution is 0.0693. The molecule has 0 aliphatic rings. The van der Waals surface area contributed by atoms with Crippen molar-refractivity contribution in [2.45, 2.75) is 12.5 Å². The summed E-state index contributed by atoms with van der Waals surface area (Å²) in [6, 6.07) is 1.16. The third-order valence-corrected chi connectivity index (χ3v) is 2.19. The Morgan fingerprint density at radius 2 is 2.25 bits per heavy atom. The molecule has 0 amide bonds. The molecule has 1 rings (SSSR count). The fourth-order valence-corrected chi connectivity index (χ4v) is 1.41. The number of hydrogen-bond acceptors (Lipinski definition) is 3. The normalized spacial score (nSPS) is 12.1. The quantitative estimate of drug-likeness (QED) is 0.682. The highest BCUT2D eigenvalue weighted by Crippen LogP contribution is 2.31. The van der Waals surface area contributed by atoms with Crippen LogP contribution in [0.2, 0.25) is 0 Å². The van der Waals surface area contributed by atoms with Gasteiger partial charge in [0.05, 0.1) is 0 Å². The number of nitrogens with two attached hydrogens (primary N) is 1. The van der Waals surface area contributed by atoms with Crippen molar-refractivity contribution in [3.8, 4) is 5.75 Å². The zero-order valence-electron chi connectivity index (χ0n) is 8.48. The first kappa shape index (κ1) is 12.2. The van der Waals surface area contributed by atoms with Gasteiger partial charge in [-0.1, -0.05) is 6.08 Å². The number of benzene rings is 1. The van der Waals surface area contributed by atoms with Crippen LogP contribution in [-0.2, 0) is 0 Å². The van der Waals surface area contributed by atoms with Crippen LogP contribution in [0.4, 0.5) is 4.39 Å². The Labute approximate surface area is 91.8 Å². The molecule has 0 aliphatic heterocycles. The van der Waals surface area contributed by atoms with Gasteiger partial charge in [0.1, 0.15) is 17.1 Å². The molecule has 0 fully saturated rings. The predicted octanol–water partition coefficient (Wildman–Crippen LogP) is 1.81. The molecule has 4 N–H and O–H groups in total. The summed E-state index contributed by atoms with van der Waals surface area (Å²) in [6.45, 7) is 3.44. The standard InChI is InChI=1S/C11H12FNO3/c1-2-3-8(13)9-7(12)5-4-6(10(9)14)11(15)16/h2,4-5,8,14H,1,3,13H2,(H,15,16)/t8-/m0/s1. The molecule has 5 heteroatoms. The second-order valence-corrected chi connectivity index (χ2v) is 3.29. The van der Waals surface area contributed by atoms with Crippen molar-refractivity contribution in [3.05, 3.63) is 41.7 Å². The Morgan fingerprint density at radius 1 is 1.62 bits per heavy atom. The van der Waals surface area contributed by atoms with Gasteiger partial charge in [0.25, 0.3) is 0 Å². The summed E-state index contributed by atoms with van der Waals surface area (Å²) < 4.78 is 13.4. The van der Waals surface area contributed by atoms with Crippen LogP contribution in [0.5, 0.6) is 5.75 Å². The lowest BCUT2D eigenvalue weighted by Gasteiger charge is -2.14. The summed E-state index contributed by atoms with van der Waals surface area (Å²) in [6.07, 6.45) is 1.71. The van der Waals surface area contributed by atoms with Crippen LogP contribution < -0.4 is 5.73 Å². The van der Waals surface area contributed by atoms with Crippen LogP contribution in [0.15, 0.2) is 24.8 Å². The van der Waals surface area contributed by atoms with Gasteiger partial charge in [0.2, 0.25) is 0 Å². The molecule has 0 saturated heterocycles. The highest BCUT2D eigenvalue weighted by Gasteiger charge is 2.21. The number of halogens is 1. The number of carbonyl (C=O) groups is 1. The first-order chi connectivity index (χ1) is 7.49. The van der Waals surface area contributed by atoms with Crippen LogP contribution in [0, 0.1) is 5.82 Å². The lowest BCUT2D eigenvalue weighted by Crippen LogP contribution is -2.13. The molecule has 0 radical (unpaired) electrons. The van der Waals surface area contributed by atoms with Crippen molar-refractivity contribution in [2.75, 3.05) is 0 Å². The van der Waals surface area contributed by atoms with Gasteiger partial charge < -0.3 is 15.9 Å². The van der Waals surface area contributed by atoms with E-state index in [0.717, 1.165) is 12.1 Å². The molecule has 0 heterocycles. The van der Waals surface area contributed by atoms with Crippen molar-refractivity contribution in [1.29, 1.82) is 0 Å². The van der Waals surface area contributed by atoms with E-state index in [1.165, 1.54) is 6.08 Å². The van der Waals surface area contributed by atoms with Gasteiger partial charge >= 0.3 is 5.97 Å². The Kier molecular flexibility index (Phi) is 3.63. The average molecular weight is 225 g/mol. The summed E-state index contributed by atoms with van der Waals surface area (Å²) in [5.41, 5.74) is 5.05. The Morgan fingerprint density at radius 3 is 2.75 bits per heavy atom. The van der Waals surface area contributed by atoms with E-state index in [0.29, 0.717) is 0 Å². The Hall–Kier alpha value is -1.88. The third kappa shape index (κ3) is 2.20. The molecule has 16 heavy (non-hydrogen) atoms. The molecule has 0 unspecified atom stereocenters. The summed E-state index contributed by atoms with van der Waals surface area (Å²) in [5.74, 6) is -2.68. The molecule has 1 atom stereocenters. The van der Waals surface area contributed by atoms with Crippen molar-refractivity contribution in [2.24, 2.45) is 5.73 Å². The number of hydrogen-bond donors (Lipinski definition) is 3. The highest BCUT2D eigenvalue weighted by atomic mass is 19.1. The number of rotatable bonds is 4. The SMILES string of the molecule is C=CC[C@H](N)c1c(F)ccc(C(=O)O)c1O. The zero-order valence-corrected chi connectivity index (χ0v) is 8.48. The minimum absolute atomic E-state index is 0.195. The third-order valence-electron chi connectivity index (χ3n) is 2.19. The molecule has 0 spiro atoms. The molecular formula is C11H12FNO3. The van der Waals surface area contributed by atoms with Gasteiger partial charge in [-0.25, -0.2) is 9.18 Å². The second-order valence-electron chi connectivity index (χ2n) is 3.29. The van der Waals surface area contributed by atoms with Crippen molar-refractivity contribution in [1.82, 2.24) is 0 Å². The predicted molar refractivity (Wildman–Crippen MR) is 56.8 cm³/mol. The van der Waals surface area contributed by atoms with E-state index in [4.69, 9.17) is 10.8 Å². The monoisotopic (exact) mass is 225 g/mol. The van der Waals surface area contributed by atoms with Gasteiger partial charge in [0, 0.05) is 11.6 Å². The molecule has 4 nitrogen and oxygen atoms in total. The molecule has 1 aromatic carbocycles. The summed E-state index contributed by atoms with van der Waals surface area (Å²) in [7, 11) is 0. The zero-order chi connectivity index (χ0) is 12.3. The van der Waals surface area contributed by atoms with E-state index in [1.807, 2.05) is 0 Å². The van der Waals surface area contributed by atoms with Gasteiger partial charge in [-0.3, -0.25) is 0 Å². The van der Waals surface area contributed by atoms with E-state index < -0.39 is 23.6 Å². The van der Waals surface area contributed by atoms with Crippen molar-refractivity contribution < 1.29 is 19.4 Å². The van der Waals surface area contributed by atoms with Gasteiger partial charge in [-0.05, 0) is 18.6 Å². The number of aromatic hydroxyl groups is 1. The summed E-state index contributed by atoms with van der Waals surface area (Å²) >= 11 is 0. The van der Waals surface area contributed by atoms with Crippen LogP contribution >= 0.6 is 0 Å². The average Bonchev–Trinajstić information content (AvgIpc) is 2.17. The maximum absolute atomic E-state index is 13.4. The molecule has 86 valence electrons. The fourth-order valence-electron chi connectivity index (χ4n) is 1.41. The number of carboxylic acids is 1. The van der Waals surface area contributed by atoms with Crippen molar-refractivity contribution in [3.63, 3.8) is 0 Å². The van der Waals surface area contributed by atoms with E-state index in [2.05, 4.69) is 6.58 Å². The summed E-state index contributed by atoms with van der Waals surface area (Å²) in [4.78, 5) is 10.7. The second kappa shape index (κ2) is 4.76. The van der Waals surface area contributed by atoms with E-state index in [-0.39, 0.29) is 17.5 Å². The summed E-state index contributed by atoms with van der Waals surface area (Å²) in [5, 5.41) is 18.4. The van der Waals surface area contributed by atoms with Crippen LogP contribution in [0.1, 0.15) is 28.4 Å². The molecule has 0 saturated carbocycles. The van der Waals surface area contributed by atoms with Crippen molar-refractivity contribution >= 4 is 5.97 Å². The van der Waals surface area contributed by atoms with E-state index in [1.54, 1.807) is 0 Å². The molecular weight excluding hydrogens is 213 g/mol. The van der Waals surface area contributed by atoms with Crippen LogP contribution in [-0.4, -0.2) is 16.2 Å². The maximum Gasteiger partial charge on any atom is 0.339 e. The van der Waals surface area contributed by atoms with E-state index in [9.17, 15) is 14.3 Å².